The number of rotatable bonds is 7. The van der Waals surface area contributed by atoms with Crippen LogP contribution in [0, 0.1) is 56.7 Å². The number of aromatic nitrogens is 3. The topological polar surface area (TPSA) is 150 Å². The number of nitrogens with zero attached hydrogens (tertiary/aromatic N) is 8. The Bertz CT molecular complexity index is 3600. The summed E-state index contributed by atoms with van der Waals surface area (Å²) < 4.78 is 2.21. The van der Waals surface area contributed by atoms with E-state index in [4.69, 9.17) is 9.97 Å². The zero-order valence-electron chi connectivity index (χ0n) is 34.4. The summed E-state index contributed by atoms with van der Waals surface area (Å²) in [6.07, 6.45) is 0. The molecule has 8 nitrogen and oxygen atoms in total. The second-order valence-corrected chi connectivity index (χ2v) is 15.4. The van der Waals surface area contributed by atoms with E-state index in [1.165, 1.54) is 12.1 Å². The number of hydrogen-bond acceptors (Lipinski definition) is 7. The van der Waals surface area contributed by atoms with Crippen molar-refractivity contribution in [2.45, 2.75) is 0 Å². The molecule has 0 atom stereocenters. The standard InChI is InChI=1S/C57H30N8/c58-31-36-11-9-17-41(23-36)48-28-44(52-30-51(39-13-3-1-4-14-39)63-57(64-52)40-15-5-2-6-16-40)29-49(42-18-10-12-37(24-42)32-59)56(48)65-53-20-8-7-19-47(53)50-27-43(21-22-54(50)65)55-45(34-61)25-38(33-60)26-46(55)35-62/h1-30H. The first-order valence-electron chi connectivity index (χ1n) is 20.6. The van der Waals surface area contributed by atoms with E-state index in [0.717, 1.165) is 72.1 Å². The molecule has 2 heterocycles. The Morgan fingerprint density at radius 2 is 0.877 bits per heavy atom. The van der Waals surface area contributed by atoms with Gasteiger partial charge in [-0.25, -0.2) is 9.97 Å². The molecule has 0 saturated carbocycles. The van der Waals surface area contributed by atoms with Gasteiger partial charge in [-0.1, -0.05) is 109 Å². The molecule has 2 aromatic heterocycles. The maximum absolute atomic E-state index is 10.2. The Morgan fingerprint density at radius 1 is 0.354 bits per heavy atom. The molecule has 0 spiro atoms. The lowest BCUT2D eigenvalue weighted by Gasteiger charge is -2.21. The summed E-state index contributed by atoms with van der Waals surface area (Å²) >= 11 is 0. The Morgan fingerprint density at radius 3 is 1.46 bits per heavy atom. The van der Waals surface area contributed by atoms with Crippen LogP contribution in [-0.4, -0.2) is 14.5 Å². The van der Waals surface area contributed by atoms with Crippen molar-refractivity contribution in [3.05, 3.63) is 210 Å². The molecule has 0 saturated heterocycles. The minimum absolute atomic E-state index is 0.231. The van der Waals surface area contributed by atoms with Gasteiger partial charge in [0.05, 0.1) is 86.3 Å². The van der Waals surface area contributed by atoms with Crippen LogP contribution in [0.25, 0.3) is 94.8 Å². The second kappa shape index (κ2) is 16.5. The molecule has 8 aromatic carbocycles. The first kappa shape index (κ1) is 39.2. The summed E-state index contributed by atoms with van der Waals surface area (Å²) in [6, 6.07) is 69.3. The minimum Gasteiger partial charge on any atom is -0.308 e. The molecule has 0 aliphatic rings. The summed E-state index contributed by atoms with van der Waals surface area (Å²) in [6.45, 7) is 0. The summed E-state index contributed by atoms with van der Waals surface area (Å²) in [4.78, 5) is 10.3. The fourth-order valence-corrected chi connectivity index (χ4v) is 8.61. The third-order valence-corrected chi connectivity index (χ3v) is 11.5. The molecule has 0 fully saturated rings. The highest BCUT2D eigenvalue weighted by molar-refractivity contribution is 6.12. The Balaban J connectivity index is 1.33. The highest BCUT2D eigenvalue weighted by Crippen LogP contribution is 2.45. The smallest absolute Gasteiger partial charge is 0.160 e. The highest BCUT2D eigenvalue weighted by atomic mass is 15.0. The van der Waals surface area contributed by atoms with Crippen molar-refractivity contribution < 1.29 is 0 Å². The Labute approximate surface area is 374 Å². The maximum Gasteiger partial charge on any atom is 0.160 e. The fraction of sp³-hybridized carbons (Fsp3) is 0. The van der Waals surface area contributed by atoms with E-state index in [1.54, 1.807) is 12.1 Å². The molecule has 0 aliphatic heterocycles. The summed E-state index contributed by atoms with van der Waals surface area (Å²) in [5.41, 5.74) is 12.5. The number of fused-ring (bicyclic) bond motifs is 3. The van der Waals surface area contributed by atoms with Gasteiger partial charge < -0.3 is 4.57 Å². The van der Waals surface area contributed by atoms with Crippen molar-refractivity contribution in [3.63, 3.8) is 0 Å². The third kappa shape index (κ3) is 7.07. The van der Waals surface area contributed by atoms with Crippen LogP contribution in [0.3, 0.4) is 0 Å². The number of benzene rings is 8. The Kier molecular flexibility index (Phi) is 9.97. The van der Waals surface area contributed by atoms with Crippen molar-refractivity contribution in [3.8, 4) is 103 Å². The summed E-state index contributed by atoms with van der Waals surface area (Å²) in [5, 5.41) is 52.4. The lowest BCUT2D eigenvalue weighted by molar-refractivity contribution is 1.17. The van der Waals surface area contributed by atoms with Gasteiger partial charge in [0.15, 0.2) is 5.82 Å². The van der Waals surface area contributed by atoms with Crippen LogP contribution >= 0.6 is 0 Å². The lowest BCUT2D eigenvalue weighted by atomic mass is 9.90. The van der Waals surface area contributed by atoms with Crippen LogP contribution < -0.4 is 0 Å². The van der Waals surface area contributed by atoms with Crippen molar-refractivity contribution in [1.82, 2.24) is 14.5 Å². The first-order valence-corrected chi connectivity index (χ1v) is 20.6. The zero-order valence-corrected chi connectivity index (χ0v) is 34.4. The van der Waals surface area contributed by atoms with E-state index in [9.17, 15) is 26.3 Å². The van der Waals surface area contributed by atoms with Gasteiger partial charge in [0.25, 0.3) is 0 Å². The van der Waals surface area contributed by atoms with Crippen LogP contribution in [0.1, 0.15) is 27.8 Å². The molecule has 10 rings (SSSR count). The minimum atomic E-state index is 0.231. The Hall–Kier alpha value is -9.91. The molecule has 0 aliphatic carbocycles. The molecule has 0 bridgehead atoms. The van der Waals surface area contributed by atoms with Crippen molar-refractivity contribution in [2.75, 3.05) is 0 Å². The highest BCUT2D eigenvalue weighted by Gasteiger charge is 2.24. The summed E-state index contributed by atoms with van der Waals surface area (Å²) in [5.74, 6) is 0.562. The van der Waals surface area contributed by atoms with E-state index in [1.807, 2.05) is 140 Å². The quantitative estimate of drug-likeness (QED) is 0.155. The van der Waals surface area contributed by atoms with Gasteiger partial charge in [0.2, 0.25) is 0 Å². The van der Waals surface area contributed by atoms with E-state index < -0.39 is 0 Å². The molecular weight excluding hydrogens is 797 g/mol. The van der Waals surface area contributed by atoms with Gasteiger partial charge in [-0.15, -0.1) is 0 Å². The number of para-hydroxylation sites is 1. The SMILES string of the molecule is N#Cc1cccc(-c2cc(-c3cc(-c4ccccc4)nc(-c4ccccc4)n3)cc(-c3cccc(C#N)c3)c2-n2c3ccccc3c3cc(-c4c(C#N)cc(C#N)cc4C#N)ccc32)c1. The largest absolute Gasteiger partial charge is 0.308 e. The normalized spacial score (nSPS) is 10.7. The predicted molar refractivity (Wildman–Crippen MR) is 253 cm³/mol. The van der Waals surface area contributed by atoms with E-state index >= 15 is 0 Å². The van der Waals surface area contributed by atoms with Gasteiger partial charge in [0, 0.05) is 44.2 Å². The van der Waals surface area contributed by atoms with Gasteiger partial charge in [-0.05, 0) is 89.5 Å². The molecule has 0 radical (unpaired) electrons. The van der Waals surface area contributed by atoms with Crippen LogP contribution in [-0.2, 0) is 0 Å². The average molecular weight is 827 g/mol. The van der Waals surface area contributed by atoms with E-state index in [2.05, 4.69) is 53.1 Å². The van der Waals surface area contributed by atoms with Crippen LogP contribution in [0.5, 0.6) is 0 Å². The van der Waals surface area contributed by atoms with E-state index in [-0.39, 0.29) is 16.7 Å². The second-order valence-electron chi connectivity index (χ2n) is 15.4. The van der Waals surface area contributed by atoms with Crippen molar-refractivity contribution in [1.29, 1.82) is 26.3 Å². The van der Waals surface area contributed by atoms with Crippen LogP contribution in [0.4, 0.5) is 0 Å². The predicted octanol–water partition coefficient (Wildman–Crippen LogP) is 12.9. The van der Waals surface area contributed by atoms with Crippen molar-refractivity contribution in [2.24, 2.45) is 0 Å². The van der Waals surface area contributed by atoms with Gasteiger partial charge in [0.1, 0.15) is 0 Å². The van der Waals surface area contributed by atoms with Crippen LogP contribution in [0.2, 0.25) is 0 Å². The lowest BCUT2D eigenvalue weighted by Crippen LogP contribution is -2.03. The molecular formula is C57H30N8. The van der Waals surface area contributed by atoms with Crippen molar-refractivity contribution >= 4 is 21.8 Å². The molecule has 298 valence electrons. The molecule has 65 heavy (non-hydrogen) atoms. The van der Waals surface area contributed by atoms with E-state index in [0.29, 0.717) is 33.8 Å². The third-order valence-electron chi connectivity index (χ3n) is 11.5. The number of hydrogen-bond donors (Lipinski definition) is 0. The monoisotopic (exact) mass is 826 g/mol. The molecule has 10 aromatic rings. The van der Waals surface area contributed by atoms with Gasteiger partial charge >= 0.3 is 0 Å². The number of nitriles is 5. The maximum atomic E-state index is 10.2. The molecule has 0 unspecified atom stereocenters. The van der Waals surface area contributed by atoms with Gasteiger partial charge in [-0.3, -0.25) is 0 Å². The molecule has 8 heteroatoms. The van der Waals surface area contributed by atoms with Crippen LogP contribution in [0.15, 0.2) is 182 Å². The zero-order chi connectivity index (χ0) is 44.4. The first-order chi connectivity index (χ1) is 32.0. The fourth-order valence-electron chi connectivity index (χ4n) is 8.61. The molecule has 0 N–H and O–H groups in total. The summed E-state index contributed by atoms with van der Waals surface area (Å²) in [7, 11) is 0. The molecule has 0 amide bonds. The van der Waals surface area contributed by atoms with Gasteiger partial charge in [-0.2, -0.15) is 26.3 Å². The average Bonchev–Trinajstić information content (AvgIpc) is 3.71.